The van der Waals surface area contributed by atoms with Gasteiger partial charge in [0.15, 0.2) is 5.96 Å². The number of aliphatic hydroxyl groups is 1. The Morgan fingerprint density at radius 3 is 2.52 bits per heavy atom. The molecule has 0 fully saturated rings. The standard InChI is InChI=1S/C17H22F3N5O2/c1-3-21-16(22-10-13-8-9-24-25(13)2)23-11-15(26)12-4-6-14(7-5-12)27-17(18,19)20/h4-9,15,26H,3,10-11H2,1-2H3,(H2,21,22,23). The molecule has 0 radical (unpaired) electrons. The van der Waals surface area contributed by atoms with E-state index in [1.54, 1.807) is 10.9 Å². The van der Waals surface area contributed by atoms with E-state index in [4.69, 9.17) is 0 Å². The maximum absolute atomic E-state index is 12.2. The van der Waals surface area contributed by atoms with Gasteiger partial charge in [-0.15, -0.1) is 13.2 Å². The van der Waals surface area contributed by atoms with Gasteiger partial charge in [0.05, 0.1) is 18.3 Å². The van der Waals surface area contributed by atoms with Crippen molar-refractivity contribution in [1.29, 1.82) is 0 Å². The lowest BCUT2D eigenvalue weighted by atomic mass is 10.1. The minimum atomic E-state index is -4.74. The van der Waals surface area contributed by atoms with Crippen molar-refractivity contribution in [3.63, 3.8) is 0 Å². The number of hydrogen-bond donors (Lipinski definition) is 3. The van der Waals surface area contributed by atoms with Crippen molar-refractivity contribution in [3.8, 4) is 5.75 Å². The molecule has 0 bridgehead atoms. The zero-order valence-electron chi connectivity index (χ0n) is 15.0. The highest BCUT2D eigenvalue weighted by Gasteiger charge is 2.31. The summed E-state index contributed by atoms with van der Waals surface area (Å²) in [6, 6.07) is 6.94. The average molecular weight is 385 g/mol. The van der Waals surface area contributed by atoms with Crippen molar-refractivity contribution in [3.05, 3.63) is 47.8 Å². The summed E-state index contributed by atoms with van der Waals surface area (Å²) in [6.45, 7) is 3.09. The summed E-state index contributed by atoms with van der Waals surface area (Å²) in [4.78, 5) is 4.41. The molecule has 1 aromatic heterocycles. The number of nitrogens with one attached hydrogen (secondary N) is 2. The fourth-order valence-electron chi connectivity index (χ4n) is 2.26. The van der Waals surface area contributed by atoms with Gasteiger partial charge in [0.25, 0.3) is 0 Å². The molecule has 0 aliphatic carbocycles. The molecular formula is C17H22F3N5O2. The minimum absolute atomic E-state index is 0.136. The van der Waals surface area contributed by atoms with Crippen LogP contribution in [-0.2, 0) is 13.6 Å². The van der Waals surface area contributed by atoms with Gasteiger partial charge < -0.3 is 20.5 Å². The van der Waals surface area contributed by atoms with Gasteiger partial charge >= 0.3 is 6.36 Å². The second kappa shape index (κ2) is 9.26. The number of rotatable bonds is 7. The van der Waals surface area contributed by atoms with Crippen LogP contribution in [0.3, 0.4) is 0 Å². The molecule has 0 saturated carbocycles. The Labute approximate surface area is 154 Å². The van der Waals surface area contributed by atoms with E-state index in [2.05, 4.69) is 25.5 Å². The second-order valence-electron chi connectivity index (χ2n) is 5.65. The van der Waals surface area contributed by atoms with Gasteiger partial charge in [-0.3, -0.25) is 4.68 Å². The van der Waals surface area contributed by atoms with Crippen molar-refractivity contribution in [2.45, 2.75) is 25.9 Å². The topological polar surface area (TPSA) is 83.7 Å². The molecule has 0 aliphatic rings. The SMILES string of the molecule is CCNC(=NCc1ccnn1C)NCC(O)c1ccc(OC(F)(F)F)cc1. The van der Waals surface area contributed by atoms with Gasteiger partial charge in [-0.2, -0.15) is 5.10 Å². The molecule has 1 unspecified atom stereocenters. The second-order valence-corrected chi connectivity index (χ2v) is 5.65. The summed E-state index contributed by atoms with van der Waals surface area (Å²) < 4.78 is 42.0. The molecule has 1 atom stereocenters. The number of aryl methyl sites for hydroxylation is 1. The lowest BCUT2D eigenvalue weighted by molar-refractivity contribution is -0.274. The van der Waals surface area contributed by atoms with Crippen LogP contribution < -0.4 is 15.4 Å². The number of halogens is 3. The predicted molar refractivity (Wildman–Crippen MR) is 94.1 cm³/mol. The summed E-state index contributed by atoms with van der Waals surface area (Å²) in [5.74, 6) is 0.173. The summed E-state index contributed by atoms with van der Waals surface area (Å²) in [6.07, 6.45) is -3.99. The molecule has 0 aliphatic heterocycles. The Hall–Kier alpha value is -2.75. The van der Waals surface area contributed by atoms with Crippen molar-refractivity contribution in [2.75, 3.05) is 13.1 Å². The number of nitrogens with zero attached hydrogens (tertiary/aromatic N) is 3. The van der Waals surface area contributed by atoms with E-state index in [9.17, 15) is 18.3 Å². The van der Waals surface area contributed by atoms with Crippen LogP contribution in [0.5, 0.6) is 5.75 Å². The maximum Gasteiger partial charge on any atom is 0.573 e. The third-order valence-corrected chi connectivity index (χ3v) is 3.63. The van der Waals surface area contributed by atoms with E-state index >= 15 is 0 Å². The average Bonchev–Trinajstić information content (AvgIpc) is 3.01. The van der Waals surface area contributed by atoms with Crippen molar-refractivity contribution >= 4 is 5.96 Å². The van der Waals surface area contributed by atoms with E-state index in [0.717, 1.165) is 17.8 Å². The summed E-state index contributed by atoms with van der Waals surface area (Å²) in [5, 5.41) is 20.4. The molecule has 0 spiro atoms. The fraction of sp³-hybridized carbons (Fsp3) is 0.412. The van der Waals surface area contributed by atoms with E-state index in [1.165, 1.54) is 12.1 Å². The third-order valence-electron chi connectivity index (χ3n) is 3.63. The molecule has 1 heterocycles. The number of guanidine groups is 1. The van der Waals surface area contributed by atoms with Crippen LogP contribution in [0.2, 0.25) is 0 Å². The Morgan fingerprint density at radius 2 is 1.96 bits per heavy atom. The zero-order chi connectivity index (χ0) is 19.9. The van der Waals surface area contributed by atoms with E-state index in [-0.39, 0.29) is 12.3 Å². The van der Waals surface area contributed by atoms with Gasteiger partial charge in [0.1, 0.15) is 5.75 Å². The highest BCUT2D eigenvalue weighted by Crippen LogP contribution is 2.24. The first-order valence-corrected chi connectivity index (χ1v) is 8.31. The first-order valence-electron chi connectivity index (χ1n) is 8.31. The summed E-state index contributed by atoms with van der Waals surface area (Å²) in [7, 11) is 1.82. The van der Waals surface area contributed by atoms with Crippen LogP contribution in [0.4, 0.5) is 13.2 Å². The van der Waals surface area contributed by atoms with Crippen LogP contribution in [0.1, 0.15) is 24.3 Å². The van der Waals surface area contributed by atoms with Crippen LogP contribution in [0.25, 0.3) is 0 Å². The highest BCUT2D eigenvalue weighted by molar-refractivity contribution is 5.79. The van der Waals surface area contributed by atoms with E-state index < -0.39 is 12.5 Å². The third kappa shape index (κ3) is 6.81. The Morgan fingerprint density at radius 1 is 1.26 bits per heavy atom. The maximum atomic E-state index is 12.2. The number of aliphatic imine (C=N–C) groups is 1. The largest absolute Gasteiger partial charge is 0.573 e. The Kier molecular flexibility index (Phi) is 7.05. The summed E-state index contributed by atoms with van der Waals surface area (Å²) in [5.41, 5.74) is 1.38. The van der Waals surface area contributed by atoms with Crippen LogP contribution in [0.15, 0.2) is 41.5 Å². The van der Waals surface area contributed by atoms with E-state index in [0.29, 0.717) is 24.6 Å². The monoisotopic (exact) mass is 385 g/mol. The molecule has 2 rings (SSSR count). The van der Waals surface area contributed by atoms with Crippen molar-refractivity contribution in [2.24, 2.45) is 12.0 Å². The molecule has 10 heteroatoms. The van der Waals surface area contributed by atoms with Crippen LogP contribution in [0, 0.1) is 0 Å². The quantitative estimate of drug-likeness (QED) is 0.502. The van der Waals surface area contributed by atoms with Gasteiger partial charge in [-0.05, 0) is 30.7 Å². The first kappa shape index (κ1) is 20.6. The van der Waals surface area contributed by atoms with Crippen LogP contribution in [-0.4, -0.2) is 40.3 Å². The smallest absolute Gasteiger partial charge is 0.406 e. The predicted octanol–water partition coefficient (Wildman–Crippen LogP) is 2.11. The Bertz CT molecular complexity index is 744. The number of hydrogen-bond acceptors (Lipinski definition) is 4. The van der Waals surface area contributed by atoms with Crippen molar-refractivity contribution in [1.82, 2.24) is 20.4 Å². The first-order chi connectivity index (χ1) is 12.8. The lowest BCUT2D eigenvalue weighted by Crippen LogP contribution is -2.39. The Balaban J connectivity index is 1.92. The van der Waals surface area contributed by atoms with Crippen molar-refractivity contribution < 1.29 is 23.0 Å². The molecule has 0 saturated heterocycles. The summed E-state index contributed by atoms with van der Waals surface area (Å²) >= 11 is 0. The number of aliphatic hydroxyl groups excluding tert-OH is 1. The molecule has 3 N–H and O–H groups in total. The number of ether oxygens (including phenoxy) is 1. The zero-order valence-corrected chi connectivity index (χ0v) is 15.0. The molecule has 2 aromatic rings. The molecular weight excluding hydrogens is 363 g/mol. The minimum Gasteiger partial charge on any atom is -0.406 e. The normalized spacial score (nSPS) is 13.3. The lowest BCUT2D eigenvalue weighted by Gasteiger charge is -2.16. The fourth-order valence-corrected chi connectivity index (χ4v) is 2.26. The molecule has 0 amide bonds. The van der Waals surface area contributed by atoms with Gasteiger partial charge in [-0.25, -0.2) is 4.99 Å². The number of aromatic nitrogens is 2. The van der Waals surface area contributed by atoms with Gasteiger partial charge in [0, 0.05) is 26.3 Å². The highest BCUT2D eigenvalue weighted by atomic mass is 19.4. The molecule has 27 heavy (non-hydrogen) atoms. The number of benzene rings is 1. The van der Waals surface area contributed by atoms with Crippen LogP contribution >= 0.6 is 0 Å². The molecule has 1 aromatic carbocycles. The molecule has 7 nitrogen and oxygen atoms in total. The number of alkyl halides is 3. The van der Waals surface area contributed by atoms with Gasteiger partial charge in [-0.1, -0.05) is 12.1 Å². The van der Waals surface area contributed by atoms with E-state index in [1.807, 2.05) is 20.0 Å². The molecule has 148 valence electrons. The van der Waals surface area contributed by atoms with Gasteiger partial charge in [0.2, 0.25) is 0 Å².